The number of benzene rings is 2. The summed E-state index contributed by atoms with van der Waals surface area (Å²) < 4.78 is 0.969. The van der Waals surface area contributed by atoms with Crippen molar-refractivity contribution < 1.29 is 4.79 Å². The van der Waals surface area contributed by atoms with Gasteiger partial charge in [0.05, 0.1) is 6.04 Å². The molecule has 0 saturated heterocycles. The number of carbonyl (C=O) groups excluding carboxylic acids is 1. The minimum atomic E-state index is -0.101. The lowest BCUT2D eigenvalue weighted by Crippen LogP contribution is -2.34. The fraction of sp³-hybridized carbons (Fsp3) is 0.211. The van der Waals surface area contributed by atoms with E-state index >= 15 is 0 Å². The first kappa shape index (κ1) is 17.4. The van der Waals surface area contributed by atoms with Gasteiger partial charge in [0, 0.05) is 17.1 Å². The van der Waals surface area contributed by atoms with Crippen LogP contribution in [0.4, 0.5) is 0 Å². The maximum Gasteiger partial charge on any atom is 0.244 e. The van der Waals surface area contributed by atoms with Crippen molar-refractivity contribution in [2.24, 2.45) is 0 Å². The third-order valence-electron chi connectivity index (χ3n) is 3.39. The van der Waals surface area contributed by atoms with Gasteiger partial charge in [0.25, 0.3) is 0 Å². The van der Waals surface area contributed by atoms with Gasteiger partial charge in [-0.05, 0) is 37.4 Å². The van der Waals surface area contributed by atoms with Crippen LogP contribution in [0.1, 0.15) is 17.2 Å². The Balaban J connectivity index is 2.07. The van der Waals surface area contributed by atoms with Crippen molar-refractivity contribution in [2.75, 3.05) is 20.6 Å². The fourth-order valence-corrected chi connectivity index (χ4v) is 2.70. The van der Waals surface area contributed by atoms with Gasteiger partial charge in [-0.15, -0.1) is 0 Å². The molecule has 0 fully saturated rings. The number of likely N-dealkylation sites (N-methyl/N-ethyl adjacent to an activating group) is 1. The molecule has 0 radical (unpaired) electrons. The molecule has 1 amide bonds. The normalized spacial score (nSPS) is 12.5. The number of amides is 1. The lowest BCUT2D eigenvalue weighted by atomic mass is 10.1. The van der Waals surface area contributed by atoms with Crippen LogP contribution in [-0.4, -0.2) is 31.4 Å². The van der Waals surface area contributed by atoms with Crippen LogP contribution in [-0.2, 0) is 4.79 Å². The van der Waals surface area contributed by atoms with Gasteiger partial charge in [-0.3, -0.25) is 4.79 Å². The third-order valence-corrected chi connectivity index (χ3v) is 4.11. The highest BCUT2D eigenvalue weighted by Gasteiger charge is 2.13. The molecule has 2 aromatic rings. The number of nitrogens with one attached hydrogen (secondary N) is 1. The average Bonchev–Trinajstić information content (AvgIpc) is 2.54. The molecule has 1 unspecified atom stereocenters. The molecule has 0 saturated carbocycles. The van der Waals surface area contributed by atoms with Crippen molar-refractivity contribution in [1.82, 2.24) is 10.2 Å². The first-order valence-corrected chi connectivity index (χ1v) is 8.28. The van der Waals surface area contributed by atoms with E-state index < -0.39 is 0 Å². The highest BCUT2D eigenvalue weighted by molar-refractivity contribution is 9.10. The Labute approximate surface area is 146 Å². The van der Waals surface area contributed by atoms with Crippen molar-refractivity contribution in [3.63, 3.8) is 0 Å². The van der Waals surface area contributed by atoms with Crippen LogP contribution in [0.3, 0.4) is 0 Å². The summed E-state index contributed by atoms with van der Waals surface area (Å²) in [7, 11) is 4.00. The molecule has 0 spiro atoms. The van der Waals surface area contributed by atoms with E-state index in [1.165, 1.54) is 0 Å². The first-order valence-electron chi connectivity index (χ1n) is 7.49. The number of hydrogen-bond donors (Lipinski definition) is 1. The largest absolute Gasteiger partial charge is 0.344 e. The summed E-state index contributed by atoms with van der Waals surface area (Å²) in [6.07, 6.45) is 3.39. The lowest BCUT2D eigenvalue weighted by Gasteiger charge is -2.22. The van der Waals surface area contributed by atoms with Crippen LogP contribution in [0, 0.1) is 0 Å². The van der Waals surface area contributed by atoms with Crippen LogP contribution in [0.5, 0.6) is 0 Å². The molecular weight excluding hydrogens is 352 g/mol. The van der Waals surface area contributed by atoms with Gasteiger partial charge >= 0.3 is 0 Å². The summed E-state index contributed by atoms with van der Waals surface area (Å²) in [5.41, 5.74) is 2.08. The second kappa shape index (κ2) is 8.65. The molecule has 0 aromatic heterocycles. The minimum absolute atomic E-state index is 0.0393. The van der Waals surface area contributed by atoms with Gasteiger partial charge in [0.1, 0.15) is 0 Å². The Morgan fingerprint density at radius 1 is 1.13 bits per heavy atom. The van der Waals surface area contributed by atoms with Crippen LogP contribution in [0.15, 0.2) is 65.1 Å². The smallest absolute Gasteiger partial charge is 0.244 e. The molecule has 1 atom stereocenters. The van der Waals surface area contributed by atoms with Crippen molar-refractivity contribution in [2.45, 2.75) is 6.04 Å². The lowest BCUT2D eigenvalue weighted by molar-refractivity contribution is -0.117. The minimum Gasteiger partial charge on any atom is -0.344 e. The summed E-state index contributed by atoms with van der Waals surface area (Å²) in [6.45, 7) is 0.749. The Bertz CT molecular complexity index is 668. The van der Waals surface area contributed by atoms with Crippen LogP contribution < -0.4 is 5.32 Å². The summed E-state index contributed by atoms with van der Waals surface area (Å²) in [6, 6.07) is 17.8. The number of rotatable bonds is 6. The number of halogens is 1. The average molecular weight is 373 g/mol. The number of hydrogen-bond acceptors (Lipinski definition) is 2. The van der Waals surface area contributed by atoms with E-state index in [0.29, 0.717) is 0 Å². The van der Waals surface area contributed by atoms with Crippen molar-refractivity contribution >= 4 is 27.9 Å². The Hall–Kier alpha value is -1.91. The summed E-state index contributed by atoms with van der Waals surface area (Å²) in [5.74, 6) is -0.101. The zero-order valence-electron chi connectivity index (χ0n) is 13.4. The first-order chi connectivity index (χ1) is 11.1. The molecular formula is C19H21BrN2O. The standard InChI is InChI=1S/C19H21BrN2O/c1-22(2)14-18(16-9-4-3-5-10-16)21-19(23)13-12-15-8-6-7-11-17(15)20/h3-13,18H,14H2,1-2H3,(H,21,23). The molecule has 23 heavy (non-hydrogen) atoms. The van der Waals surface area contributed by atoms with Crippen molar-refractivity contribution in [3.8, 4) is 0 Å². The predicted octanol–water partition coefficient (Wildman–Crippen LogP) is 3.88. The van der Waals surface area contributed by atoms with Gasteiger partial charge in [0.15, 0.2) is 0 Å². The molecule has 0 heterocycles. The molecule has 2 aromatic carbocycles. The van der Waals surface area contributed by atoms with Crippen LogP contribution in [0.25, 0.3) is 6.08 Å². The second-order valence-electron chi connectivity index (χ2n) is 5.59. The number of nitrogens with zero attached hydrogens (tertiary/aromatic N) is 1. The van der Waals surface area contributed by atoms with Crippen LogP contribution >= 0.6 is 15.9 Å². The molecule has 0 aliphatic heterocycles. The third kappa shape index (κ3) is 5.66. The van der Waals surface area contributed by atoms with Crippen molar-refractivity contribution in [3.05, 3.63) is 76.3 Å². The SMILES string of the molecule is CN(C)CC(NC(=O)C=Cc1ccccc1Br)c1ccccc1. The van der Waals surface area contributed by atoms with E-state index in [9.17, 15) is 4.79 Å². The van der Waals surface area contributed by atoms with Crippen molar-refractivity contribution in [1.29, 1.82) is 0 Å². The van der Waals surface area contributed by atoms with E-state index in [1.807, 2.05) is 74.8 Å². The van der Waals surface area contributed by atoms with E-state index in [1.54, 1.807) is 6.08 Å². The summed E-state index contributed by atoms with van der Waals surface area (Å²) >= 11 is 3.48. The van der Waals surface area contributed by atoms with Gasteiger partial charge in [0.2, 0.25) is 5.91 Å². The molecule has 0 aliphatic rings. The van der Waals surface area contributed by atoms with Gasteiger partial charge < -0.3 is 10.2 Å². The molecule has 0 aliphatic carbocycles. The van der Waals surface area contributed by atoms with Crippen LogP contribution in [0.2, 0.25) is 0 Å². The molecule has 4 heteroatoms. The van der Waals surface area contributed by atoms with E-state index in [4.69, 9.17) is 0 Å². The Kier molecular flexibility index (Phi) is 6.56. The summed E-state index contributed by atoms with van der Waals surface area (Å²) in [5, 5.41) is 3.07. The molecule has 1 N–H and O–H groups in total. The highest BCUT2D eigenvalue weighted by atomic mass is 79.9. The monoisotopic (exact) mass is 372 g/mol. The quantitative estimate of drug-likeness (QED) is 0.780. The maximum atomic E-state index is 12.3. The van der Waals surface area contributed by atoms with Gasteiger partial charge in [-0.25, -0.2) is 0 Å². The molecule has 3 nitrogen and oxygen atoms in total. The molecule has 2 rings (SSSR count). The van der Waals surface area contributed by atoms with E-state index in [-0.39, 0.29) is 11.9 Å². The highest BCUT2D eigenvalue weighted by Crippen LogP contribution is 2.17. The Morgan fingerprint density at radius 2 is 1.78 bits per heavy atom. The number of carbonyl (C=O) groups is 1. The Morgan fingerprint density at radius 3 is 2.43 bits per heavy atom. The fourth-order valence-electron chi connectivity index (χ4n) is 2.28. The molecule has 0 bridgehead atoms. The second-order valence-corrected chi connectivity index (χ2v) is 6.44. The maximum absolute atomic E-state index is 12.3. The van der Waals surface area contributed by atoms with E-state index in [0.717, 1.165) is 22.1 Å². The zero-order valence-corrected chi connectivity index (χ0v) is 15.0. The van der Waals surface area contributed by atoms with Gasteiger partial charge in [-0.1, -0.05) is 64.5 Å². The zero-order chi connectivity index (χ0) is 16.7. The topological polar surface area (TPSA) is 32.3 Å². The molecule has 120 valence electrons. The predicted molar refractivity (Wildman–Crippen MR) is 99.1 cm³/mol. The van der Waals surface area contributed by atoms with Gasteiger partial charge in [-0.2, -0.15) is 0 Å². The summed E-state index contributed by atoms with van der Waals surface area (Å²) in [4.78, 5) is 14.3. The van der Waals surface area contributed by atoms with E-state index in [2.05, 4.69) is 26.1 Å².